The van der Waals surface area contributed by atoms with E-state index in [0.717, 1.165) is 0 Å². The highest BCUT2D eigenvalue weighted by atomic mass is 32.1. The molecule has 0 spiro atoms. The van der Waals surface area contributed by atoms with Crippen molar-refractivity contribution in [3.8, 4) is 66.8 Å². The molecule has 0 atom stereocenters. The molecule has 63 heavy (non-hydrogen) atoms. The van der Waals surface area contributed by atoms with Crippen molar-refractivity contribution in [1.82, 2.24) is 0 Å². The summed E-state index contributed by atoms with van der Waals surface area (Å²) in [4.78, 5) is 0. The molecule has 0 aliphatic heterocycles. The molecule has 3 heteroatoms. The van der Waals surface area contributed by atoms with Gasteiger partial charge in [-0.15, -0.1) is 34.0 Å². The van der Waals surface area contributed by atoms with Crippen molar-refractivity contribution in [3.63, 3.8) is 0 Å². The molecule has 0 N–H and O–H groups in total. The zero-order valence-electron chi connectivity index (χ0n) is 34.0. The van der Waals surface area contributed by atoms with Crippen molar-refractivity contribution in [2.45, 2.75) is 0 Å². The van der Waals surface area contributed by atoms with E-state index in [1.165, 1.54) is 127 Å². The Balaban J connectivity index is 0.853. The second kappa shape index (κ2) is 14.8. The van der Waals surface area contributed by atoms with Crippen molar-refractivity contribution in [1.29, 1.82) is 0 Å². The first-order valence-electron chi connectivity index (χ1n) is 21.4. The van der Waals surface area contributed by atoms with E-state index < -0.39 is 0 Å². The van der Waals surface area contributed by atoms with E-state index in [1.807, 2.05) is 34.0 Å². The van der Waals surface area contributed by atoms with Crippen LogP contribution in [0.2, 0.25) is 0 Å². The summed E-state index contributed by atoms with van der Waals surface area (Å²) in [6.07, 6.45) is 0. The molecule has 0 saturated heterocycles. The van der Waals surface area contributed by atoms with E-state index in [9.17, 15) is 0 Å². The number of benzene rings is 10. The van der Waals surface area contributed by atoms with Crippen LogP contribution in [0.3, 0.4) is 0 Å². The standard InChI is InChI=1S/C60H36S3/c1-3-13-37(14-4-1)43-17-7-23-49-51-25-9-19-45(57(51)61-55(43)49)39-29-33-41(34-30-39)47-21-11-27-53-54-28-12-22-48(60(54)63-59(47)53)42-35-31-40(32-36-42)46-20-10-26-52-50-24-8-18-44(56(50)62-58(46)52)38-15-5-2-6-16-38/h1-36H. The minimum Gasteiger partial charge on any atom is -0.134 e. The number of hydrogen-bond acceptors (Lipinski definition) is 3. The fourth-order valence-electron chi connectivity index (χ4n) is 9.72. The third-order valence-corrected chi connectivity index (χ3v) is 16.6. The Bertz CT molecular complexity index is 3610. The first-order chi connectivity index (χ1) is 31.2. The van der Waals surface area contributed by atoms with E-state index in [4.69, 9.17) is 0 Å². The Kier molecular flexibility index (Phi) is 8.55. The molecule has 3 aromatic heterocycles. The van der Waals surface area contributed by atoms with Gasteiger partial charge in [-0.05, 0) is 66.8 Å². The van der Waals surface area contributed by atoms with Gasteiger partial charge in [-0.25, -0.2) is 0 Å². The van der Waals surface area contributed by atoms with Crippen LogP contribution in [-0.2, 0) is 0 Å². The Morgan fingerprint density at radius 2 is 0.349 bits per heavy atom. The number of hydrogen-bond donors (Lipinski definition) is 0. The number of fused-ring (bicyclic) bond motifs is 9. The average Bonchev–Trinajstić information content (AvgIpc) is 4.06. The van der Waals surface area contributed by atoms with Crippen molar-refractivity contribution >= 4 is 94.5 Å². The van der Waals surface area contributed by atoms with Crippen molar-refractivity contribution in [3.05, 3.63) is 218 Å². The largest absolute Gasteiger partial charge is 0.134 e. The molecular weight excluding hydrogens is 817 g/mol. The molecule has 13 rings (SSSR count). The number of thiophene rings is 3. The molecule has 10 aromatic carbocycles. The summed E-state index contributed by atoms with van der Waals surface area (Å²) in [6.45, 7) is 0. The zero-order chi connectivity index (χ0) is 41.4. The molecule has 294 valence electrons. The monoisotopic (exact) mass is 852 g/mol. The van der Waals surface area contributed by atoms with Gasteiger partial charge >= 0.3 is 0 Å². The fraction of sp³-hybridized carbons (Fsp3) is 0. The molecule has 0 amide bonds. The van der Waals surface area contributed by atoms with Gasteiger partial charge in [-0.3, -0.25) is 0 Å². The normalized spacial score (nSPS) is 11.8. The minimum absolute atomic E-state index is 1.24. The first-order valence-corrected chi connectivity index (χ1v) is 23.9. The summed E-state index contributed by atoms with van der Waals surface area (Å²) in [6, 6.07) is 80.6. The lowest BCUT2D eigenvalue weighted by Gasteiger charge is -2.07. The van der Waals surface area contributed by atoms with E-state index in [-0.39, 0.29) is 0 Å². The van der Waals surface area contributed by atoms with Gasteiger partial charge in [-0.1, -0.05) is 218 Å². The van der Waals surface area contributed by atoms with Gasteiger partial charge in [0.2, 0.25) is 0 Å². The van der Waals surface area contributed by atoms with Gasteiger partial charge in [0.15, 0.2) is 0 Å². The van der Waals surface area contributed by atoms with Gasteiger partial charge in [0.05, 0.1) is 0 Å². The lowest BCUT2D eigenvalue weighted by Crippen LogP contribution is -1.82. The molecule has 0 radical (unpaired) electrons. The highest BCUT2D eigenvalue weighted by Crippen LogP contribution is 2.48. The summed E-state index contributed by atoms with van der Waals surface area (Å²) in [5.74, 6) is 0. The molecule has 13 aromatic rings. The van der Waals surface area contributed by atoms with Crippen LogP contribution >= 0.6 is 34.0 Å². The molecule has 0 aliphatic rings. The SMILES string of the molecule is c1ccc(-c2cccc3c2sc2c(-c4ccc(-c5cccc6c5sc5c(-c7ccc(-c8cccc9c8sc8c(-c%10ccccc%10)cccc89)cc7)cccc56)cc4)cccc23)cc1. The maximum Gasteiger partial charge on any atom is 0.0434 e. The second-order valence-corrected chi connectivity index (χ2v) is 19.3. The molecule has 0 fully saturated rings. The maximum atomic E-state index is 2.31. The number of rotatable bonds is 6. The Morgan fingerprint density at radius 3 is 0.556 bits per heavy atom. The van der Waals surface area contributed by atoms with Gasteiger partial charge in [0.1, 0.15) is 0 Å². The van der Waals surface area contributed by atoms with Crippen LogP contribution < -0.4 is 0 Å². The zero-order valence-corrected chi connectivity index (χ0v) is 36.5. The lowest BCUT2D eigenvalue weighted by atomic mass is 9.96. The van der Waals surface area contributed by atoms with E-state index >= 15 is 0 Å². The van der Waals surface area contributed by atoms with Crippen molar-refractivity contribution < 1.29 is 0 Å². The maximum absolute atomic E-state index is 2.31. The average molecular weight is 853 g/mol. The predicted molar refractivity (Wildman–Crippen MR) is 278 cm³/mol. The molecule has 0 nitrogen and oxygen atoms in total. The minimum atomic E-state index is 1.24. The summed E-state index contributed by atoms with van der Waals surface area (Å²) < 4.78 is 8.02. The highest BCUT2D eigenvalue weighted by Gasteiger charge is 2.18. The van der Waals surface area contributed by atoms with Crippen LogP contribution in [0.25, 0.3) is 127 Å². The van der Waals surface area contributed by atoms with E-state index in [1.54, 1.807) is 0 Å². The third kappa shape index (κ3) is 5.92. The second-order valence-electron chi connectivity index (χ2n) is 16.3. The summed E-state index contributed by atoms with van der Waals surface area (Å²) >= 11 is 5.74. The predicted octanol–water partition coefficient (Wildman–Crippen LogP) is 18.8. The lowest BCUT2D eigenvalue weighted by molar-refractivity contribution is 1.65. The Labute approximate surface area is 377 Å². The van der Waals surface area contributed by atoms with Gasteiger partial charge < -0.3 is 0 Å². The van der Waals surface area contributed by atoms with Gasteiger partial charge in [-0.2, -0.15) is 0 Å². The van der Waals surface area contributed by atoms with Gasteiger partial charge in [0, 0.05) is 60.5 Å². The quantitative estimate of drug-likeness (QED) is 0.156. The van der Waals surface area contributed by atoms with Crippen molar-refractivity contribution in [2.24, 2.45) is 0 Å². The van der Waals surface area contributed by atoms with Gasteiger partial charge in [0.25, 0.3) is 0 Å². The highest BCUT2D eigenvalue weighted by molar-refractivity contribution is 7.27. The smallest absolute Gasteiger partial charge is 0.0434 e. The van der Waals surface area contributed by atoms with Crippen LogP contribution in [-0.4, -0.2) is 0 Å². The Morgan fingerprint density at radius 1 is 0.159 bits per heavy atom. The van der Waals surface area contributed by atoms with Crippen molar-refractivity contribution in [2.75, 3.05) is 0 Å². The van der Waals surface area contributed by atoms with E-state index in [2.05, 4.69) is 218 Å². The molecule has 0 saturated carbocycles. The summed E-state index contributed by atoms with van der Waals surface area (Å²) in [5, 5.41) is 7.91. The van der Waals surface area contributed by atoms with Crippen LogP contribution in [0.15, 0.2) is 218 Å². The van der Waals surface area contributed by atoms with Crippen LogP contribution in [0.1, 0.15) is 0 Å². The topological polar surface area (TPSA) is 0 Å². The van der Waals surface area contributed by atoms with Crippen LogP contribution in [0.5, 0.6) is 0 Å². The molecule has 3 heterocycles. The van der Waals surface area contributed by atoms with Crippen LogP contribution in [0, 0.1) is 0 Å². The van der Waals surface area contributed by atoms with E-state index in [0.29, 0.717) is 0 Å². The molecule has 0 unspecified atom stereocenters. The Hall–Kier alpha value is -7.14. The van der Waals surface area contributed by atoms with Crippen LogP contribution in [0.4, 0.5) is 0 Å². The summed E-state index contributed by atoms with van der Waals surface area (Å²) in [7, 11) is 0. The molecular formula is C60H36S3. The third-order valence-electron chi connectivity index (χ3n) is 12.8. The molecule has 0 aliphatic carbocycles. The summed E-state index contributed by atoms with van der Waals surface area (Å²) in [5.41, 5.74) is 15.2. The first kappa shape index (κ1) is 36.5. The fourth-order valence-corrected chi connectivity index (χ4v) is 13.8. The molecule has 0 bridgehead atoms.